The van der Waals surface area contributed by atoms with Crippen molar-refractivity contribution in [1.29, 1.82) is 0 Å². The number of benzene rings is 1. The van der Waals surface area contributed by atoms with Crippen LogP contribution in [-0.2, 0) is 4.74 Å². The molecule has 7 nitrogen and oxygen atoms in total. The molecule has 0 aliphatic carbocycles. The monoisotopic (exact) mass is 478 g/mol. The fraction of sp³-hybridized carbons (Fsp3) is 0.611. The average Bonchev–Trinajstić information content (AvgIpc) is 2.66. The molecule has 1 aliphatic heterocycles. The summed E-state index contributed by atoms with van der Waals surface area (Å²) in [6.45, 7) is 8.42. The summed E-state index contributed by atoms with van der Waals surface area (Å²) >= 11 is 0. The maximum absolute atomic E-state index is 5.37. The normalized spacial score (nSPS) is 15.1. The first-order valence-corrected chi connectivity index (χ1v) is 8.84. The van der Waals surface area contributed by atoms with Gasteiger partial charge in [0, 0.05) is 44.5 Å². The zero-order chi connectivity index (χ0) is 17.9. The fourth-order valence-electron chi connectivity index (χ4n) is 2.67. The van der Waals surface area contributed by atoms with Gasteiger partial charge in [-0.2, -0.15) is 0 Å². The second-order valence-electron chi connectivity index (χ2n) is 5.76. The molecule has 26 heavy (non-hydrogen) atoms. The molecule has 0 radical (unpaired) electrons. The molecule has 8 heteroatoms. The SMILES string of the molecule is CCNC(=NCCCN1CCOCC1)Nc1ccc(OC)c(OC)c1.I. The van der Waals surface area contributed by atoms with Crippen LogP contribution in [0.1, 0.15) is 13.3 Å². The van der Waals surface area contributed by atoms with Crippen molar-refractivity contribution in [1.82, 2.24) is 10.2 Å². The standard InChI is InChI=1S/C18H30N4O3.HI/c1-4-19-18(20-8-5-9-22-10-12-25-13-11-22)21-15-6-7-16(23-2)17(14-15)24-3;/h6-7,14H,4-5,8-13H2,1-3H3,(H2,19,20,21);1H. The van der Waals surface area contributed by atoms with E-state index in [-0.39, 0.29) is 24.0 Å². The van der Waals surface area contributed by atoms with Gasteiger partial charge in [0.2, 0.25) is 0 Å². The van der Waals surface area contributed by atoms with Gasteiger partial charge in [-0.15, -0.1) is 24.0 Å². The zero-order valence-electron chi connectivity index (χ0n) is 15.9. The molecule has 148 valence electrons. The summed E-state index contributed by atoms with van der Waals surface area (Å²) in [4.78, 5) is 7.08. The maximum atomic E-state index is 5.37. The maximum Gasteiger partial charge on any atom is 0.195 e. The Labute approximate surface area is 173 Å². The first-order chi connectivity index (χ1) is 12.3. The highest BCUT2D eigenvalue weighted by molar-refractivity contribution is 14.0. The lowest BCUT2D eigenvalue weighted by Crippen LogP contribution is -2.37. The van der Waals surface area contributed by atoms with E-state index in [0.29, 0.717) is 11.5 Å². The van der Waals surface area contributed by atoms with Gasteiger partial charge >= 0.3 is 0 Å². The van der Waals surface area contributed by atoms with Crippen LogP contribution in [0.15, 0.2) is 23.2 Å². The van der Waals surface area contributed by atoms with Crippen molar-refractivity contribution in [3.8, 4) is 11.5 Å². The van der Waals surface area contributed by atoms with Gasteiger partial charge in [-0.05, 0) is 25.5 Å². The Bertz CT molecular complexity index is 551. The Kier molecular flexibility index (Phi) is 11.4. The average molecular weight is 478 g/mol. The quantitative estimate of drug-likeness (QED) is 0.259. The summed E-state index contributed by atoms with van der Waals surface area (Å²) in [6, 6.07) is 5.73. The van der Waals surface area contributed by atoms with Crippen LogP contribution in [0.2, 0.25) is 0 Å². The molecule has 1 aliphatic rings. The van der Waals surface area contributed by atoms with E-state index in [1.54, 1.807) is 14.2 Å². The highest BCUT2D eigenvalue weighted by atomic mass is 127. The lowest BCUT2D eigenvalue weighted by atomic mass is 10.2. The topological polar surface area (TPSA) is 67.4 Å². The van der Waals surface area contributed by atoms with Crippen molar-refractivity contribution in [2.45, 2.75) is 13.3 Å². The van der Waals surface area contributed by atoms with Gasteiger partial charge in [0.1, 0.15) is 0 Å². The molecule has 0 unspecified atom stereocenters. The Morgan fingerprint density at radius 2 is 1.92 bits per heavy atom. The van der Waals surface area contributed by atoms with E-state index in [1.807, 2.05) is 18.2 Å². The predicted molar refractivity (Wildman–Crippen MR) is 116 cm³/mol. The molecule has 2 N–H and O–H groups in total. The van der Waals surface area contributed by atoms with E-state index in [4.69, 9.17) is 14.2 Å². The summed E-state index contributed by atoms with van der Waals surface area (Å²) < 4.78 is 16.0. The summed E-state index contributed by atoms with van der Waals surface area (Å²) in [5.74, 6) is 2.17. The van der Waals surface area contributed by atoms with Crippen LogP contribution in [0.5, 0.6) is 11.5 Å². The highest BCUT2D eigenvalue weighted by Crippen LogP contribution is 2.29. The van der Waals surface area contributed by atoms with Gasteiger partial charge in [0.15, 0.2) is 17.5 Å². The van der Waals surface area contributed by atoms with Crippen LogP contribution in [0, 0.1) is 0 Å². The number of guanidine groups is 1. The van der Waals surface area contributed by atoms with Crippen molar-refractivity contribution in [2.75, 3.05) is 65.5 Å². The Morgan fingerprint density at radius 3 is 2.58 bits per heavy atom. The summed E-state index contributed by atoms with van der Waals surface area (Å²) in [6.07, 6.45) is 1.03. The molecule has 0 saturated carbocycles. The highest BCUT2D eigenvalue weighted by Gasteiger charge is 2.09. The first-order valence-electron chi connectivity index (χ1n) is 8.84. The van der Waals surface area contributed by atoms with Gasteiger partial charge in [-0.1, -0.05) is 0 Å². The summed E-state index contributed by atoms with van der Waals surface area (Å²) in [5.41, 5.74) is 0.908. The van der Waals surface area contributed by atoms with Crippen LogP contribution < -0.4 is 20.1 Å². The number of morpholine rings is 1. The predicted octanol–water partition coefficient (Wildman–Crippen LogP) is 2.42. The first kappa shape index (κ1) is 22.8. The lowest BCUT2D eigenvalue weighted by Gasteiger charge is -2.26. The van der Waals surface area contributed by atoms with Crippen LogP contribution in [0.4, 0.5) is 5.69 Å². The molecule has 1 saturated heterocycles. The minimum atomic E-state index is 0. The second-order valence-corrected chi connectivity index (χ2v) is 5.76. The third kappa shape index (κ3) is 7.55. The number of aliphatic imine (C=N–C) groups is 1. The van der Waals surface area contributed by atoms with Crippen LogP contribution in [0.3, 0.4) is 0 Å². The number of ether oxygens (including phenoxy) is 3. The number of halogens is 1. The number of methoxy groups -OCH3 is 2. The minimum absolute atomic E-state index is 0. The lowest BCUT2D eigenvalue weighted by molar-refractivity contribution is 0.0377. The van der Waals surface area contributed by atoms with Gasteiger partial charge in [-0.3, -0.25) is 9.89 Å². The fourth-order valence-corrected chi connectivity index (χ4v) is 2.67. The molecule has 0 atom stereocenters. The van der Waals surface area contributed by atoms with Crippen molar-refractivity contribution in [3.05, 3.63) is 18.2 Å². The van der Waals surface area contributed by atoms with E-state index in [0.717, 1.165) is 64.0 Å². The van der Waals surface area contributed by atoms with Gasteiger partial charge in [0.05, 0.1) is 27.4 Å². The van der Waals surface area contributed by atoms with E-state index < -0.39 is 0 Å². The third-order valence-electron chi connectivity index (χ3n) is 4.00. The van der Waals surface area contributed by atoms with Crippen molar-refractivity contribution in [2.24, 2.45) is 4.99 Å². The van der Waals surface area contributed by atoms with Crippen molar-refractivity contribution < 1.29 is 14.2 Å². The molecule has 0 bridgehead atoms. The number of nitrogens with zero attached hydrogens (tertiary/aromatic N) is 2. The van der Waals surface area contributed by atoms with Crippen molar-refractivity contribution >= 4 is 35.6 Å². The molecule has 1 heterocycles. The number of hydrogen-bond donors (Lipinski definition) is 2. The van der Waals surface area contributed by atoms with E-state index >= 15 is 0 Å². The summed E-state index contributed by atoms with van der Waals surface area (Å²) in [7, 11) is 3.26. The number of hydrogen-bond acceptors (Lipinski definition) is 5. The van der Waals surface area contributed by atoms with Crippen LogP contribution in [0.25, 0.3) is 0 Å². The van der Waals surface area contributed by atoms with Crippen LogP contribution in [-0.4, -0.2) is 71.0 Å². The minimum Gasteiger partial charge on any atom is -0.493 e. The Balaban J connectivity index is 0.00000338. The van der Waals surface area contributed by atoms with Crippen molar-refractivity contribution in [3.63, 3.8) is 0 Å². The zero-order valence-corrected chi connectivity index (χ0v) is 18.2. The molecule has 2 rings (SSSR count). The Morgan fingerprint density at radius 1 is 1.19 bits per heavy atom. The molecule has 0 amide bonds. The van der Waals surface area contributed by atoms with E-state index in [2.05, 4.69) is 27.4 Å². The van der Waals surface area contributed by atoms with E-state index in [1.165, 1.54) is 0 Å². The number of nitrogens with one attached hydrogen (secondary N) is 2. The van der Waals surface area contributed by atoms with E-state index in [9.17, 15) is 0 Å². The van der Waals surface area contributed by atoms with Gasteiger partial charge in [0.25, 0.3) is 0 Å². The Hall–Kier alpha value is -1.26. The molecule has 0 aromatic heterocycles. The number of rotatable bonds is 8. The number of anilines is 1. The molecule has 1 aromatic rings. The molecule has 1 fully saturated rings. The largest absolute Gasteiger partial charge is 0.493 e. The molecular formula is C18H31IN4O3. The molecule has 0 spiro atoms. The molecular weight excluding hydrogens is 447 g/mol. The molecule has 1 aromatic carbocycles. The smallest absolute Gasteiger partial charge is 0.195 e. The second kappa shape index (κ2) is 13.0. The van der Waals surface area contributed by atoms with Crippen LogP contribution >= 0.6 is 24.0 Å². The van der Waals surface area contributed by atoms with Gasteiger partial charge < -0.3 is 24.8 Å². The summed E-state index contributed by atoms with van der Waals surface area (Å²) in [5, 5.41) is 6.58. The third-order valence-corrected chi connectivity index (χ3v) is 4.00. The van der Waals surface area contributed by atoms with Gasteiger partial charge in [-0.25, -0.2) is 0 Å².